The lowest BCUT2D eigenvalue weighted by Crippen LogP contribution is -1.92. The molecule has 1 aromatic heterocycles. The summed E-state index contributed by atoms with van der Waals surface area (Å²) in [4.78, 5) is 25.8. The summed E-state index contributed by atoms with van der Waals surface area (Å²) in [6.07, 6.45) is 0.592. The number of nitro benzene ring substituents is 1. The molecule has 0 saturated heterocycles. The molecule has 1 aromatic carbocycles. The van der Waals surface area contributed by atoms with Crippen LogP contribution in [0.15, 0.2) is 32.8 Å². The third-order valence-electron chi connectivity index (χ3n) is 2.11. The molecule has 0 atom stereocenters. The largest absolute Gasteiger partial charge is 0.298 e. The Hall–Kier alpha value is -1.73. The summed E-state index contributed by atoms with van der Waals surface area (Å²) in [6.45, 7) is 1.87. The number of nitrogens with zero attached hydrogens (tertiary/aromatic N) is 2. The van der Waals surface area contributed by atoms with E-state index in [1.165, 1.54) is 29.2 Å². The van der Waals surface area contributed by atoms with Gasteiger partial charge in [0.05, 0.1) is 9.82 Å². The molecule has 0 spiro atoms. The minimum Gasteiger partial charge on any atom is -0.298 e. The van der Waals surface area contributed by atoms with E-state index >= 15 is 0 Å². The number of rotatable bonds is 4. The van der Waals surface area contributed by atoms with Crippen LogP contribution >= 0.6 is 23.1 Å². The third-order valence-corrected chi connectivity index (χ3v) is 4.23. The molecule has 0 fully saturated rings. The van der Waals surface area contributed by atoms with Gasteiger partial charge in [-0.05, 0) is 13.0 Å². The van der Waals surface area contributed by atoms with E-state index in [-0.39, 0.29) is 5.69 Å². The summed E-state index contributed by atoms with van der Waals surface area (Å²) in [5.41, 5.74) is 1.11. The predicted octanol–water partition coefficient (Wildman–Crippen LogP) is 3.32. The molecule has 0 bridgehead atoms. The molecule has 0 unspecified atom stereocenters. The molecule has 5 nitrogen and oxygen atoms in total. The minimum absolute atomic E-state index is 0.0718. The first kappa shape index (κ1) is 12.7. The summed E-state index contributed by atoms with van der Waals surface area (Å²) in [5.74, 6) is 0. The van der Waals surface area contributed by atoms with Gasteiger partial charge in [0.15, 0.2) is 4.34 Å². The first-order chi connectivity index (χ1) is 8.60. The number of carbonyl (C=O) groups excluding carboxylic acids is 1. The SMILES string of the molecule is Cc1csc(Sc2ccc(C=O)cc2[N+](=O)[O-])n1. The lowest BCUT2D eigenvalue weighted by atomic mass is 10.2. The first-order valence-corrected chi connectivity index (χ1v) is 6.63. The van der Waals surface area contributed by atoms with Gasteiger partial charge in [-0.15, -0.1) is 11.3 Å². The smallest absolute Gasteiger partial charge is 0.284 e. The van der Waals surface area contributed by atoms with Crippen molar-refractivity contribution >= 4 is 35.1 Å². The van der Waals surface area contributed by atoms with E-state index in [4.69, 9.17) is 0 Å². The zero-order valence-electron chi connectivity index (χ0n) is 9.32. The van der Waals surface area contributed by atoms with E-state index in [1.807, 2.05) is 12.3 Å². The van der Waals surface area contributed by atoms with Gasteiger partial charge in [-0.25, -0.2) is 4.98 Å². The van der Waals surface area contributed by atoms with Crippen molar-refractivity contribution in [3.8, 4) is 0 Å². The van der Waals surface area contributed by atoms with Crippen LogP contribution in [0.5, 0.6) is 0 Å². The number of aromatic nitrogens is 1. The summed E-state index contributed by atoms with van der Waals surface area (Å²) in [5, 5.41) is 12.8. The molecule has 2 aromatic rings. The van der Waals surface area contributed by atoms with Crippen LogP contribution in [0.1, 0.15) is 16.1 Å². The fraction of sp³-hybridized carbons (Fsp3) is 0.0909. The van der Waals surface area contributed by atoms with Crippen molar-refractivity contribution in [2.45, 2.75) is 16.2 Å². The highest BCUT2D eigenvalue weighted by atomic mass is 32.2. The van der Waals surface area contributed by atoms with Crippen LogP contribution in [0.4, 0.5) is 5.69 Å². The van der Waals surface area contributed by atoms with E-state index in [2.05, 4.69) is 4.98 Å². The van der Waals surface area contributed by atoms with Gasteiger partial charge in [-0.2, -0.15) is 0 Å². The van der Waals surface area contributed by atoms with Crippen LogP contribution in [0.2, 0.25) is 0 Å². The normalized spacial score (nSPS) is 10.3. The van der Waals surface area contributed by atoms with Crippen molar-refractivity contribution in [2.24, 2.45) is 0 Å². The molecular formula is C11H8N2O3S2. The van der Waals surface area contributed by atoms with Crippen molar-refractivity contribution in [1.82, 2.24) is 4.98 Å². The Morgan fingerprint density at radius 1 is 1.50 bits per heavy atom. The second-order valence-corrected chi connectivity index (χ2v) is 5.61. The van der Waals surface area contributed by atoms with Crippen molar-refractivity contribution in [3.63, 3.8) is 0 Å². The maximum Gasteiger partial charge on any atom is 0.284 e. The van der Waals surface area contributed by atoms with Gasteiger partial charge in [0.2, 0.25) is 0 Å². The highest BCUT2D eigenvalue weighted by Gasteiger charge is 2.16. The standard InChI is InChI=1S/C11H8N2O3S2/c1-7-6-17-11(12-7)18-10-3-2-8(5-14)4-9(10)13(15)16/h2-6H,1H3. The van der Waals surface area contributed by atoms with E-state index in [0.29, 0.717) is 16.7 Å². The Balaban J connectivity index is 2.37. The molecule has 92 valence electrons. The number of carbonyl (C=O) groups is 1. The predicted molar refractivity (Wildman–Crippen MR) is 69.5 cm³/mol. The van der Waals surface area contributed by atoms with Gasteiger partial charge >= 0.3 is 0 Å². The van der Waals surface area contributed by atoms with Crippen LogP contribution in [-0.4, -0.2) is 16.2 Å². The second-order valence-electron chi connectivity index (χ2n) is 3.46. The van der Waals surface area contributed by atoms with Gasteiger partial charge in [0.25, 0.3) is 5.69 Å². The van der Waals surface area contributed by atoms with Crippen molar-refractivity contribution in [2.75, 3.05) is 0 Å². The third kappa shape index (κ3) is 2.74. The average molecular weight is 280 g/mol. The quantitative estimate of drug-likeness (QED) is 0.488. The topological polar surface area (TPSA) is 73.1 Å². The summed E-state index contributed by atoms with van der Waals surface area (Å²) >= 11 is 2.67. The number of thiazole rings is 1. The summed E-state index contributed by atoms with van der Waals surface area (Å²) < 4.78 is 0.745. The van der Waals surface area contributed by atoms with E-state index in [9.17, 15) is 14.9 Å². The van der Waals surface area contributed by atoms with Gasteiger partial charge in [0, 0.05) is 22.7 Å². The monoisotopic (exact) mass is 280 g/mol. The lowest BCUT2D eigenvalue weighted by Gasteiger charge is -2.00. The van der Waals surface area contributed by atoms with Crippen molar-refractivity contribution in [1.29, 1.82) is 0 Å². The molecule has 0 aliphatic rings. The number of hydrogen-bond acceptors (Lipinski definition) is 6. The van der Waals surface area contributed by atoms with Crippen LogP contribution in [0, 0.1) is 17.0 Å². The average Bonchev–Trinajstić information content (AvgIpc) is 2.75. The molecule has 0 aliphatic carbocycles. The molecular weight excluding hydrogens is 272 g/mol. The fourth-order valence-corrected chi connectivity index (χ4v) is 3.19. The van der Waals surface area contributed by atoms with Crippen LogP contribution in [-0.2, 0) is 0 Å². The Bertz CT molecular complexity index is 610. The number of aryl methyl sites for hydroxylation is 1. The second kappa shape index (κ2) is 5.28. The summed E-state index contributed by atoms with van der Waals surface area (Å²) in [7, 11) is 0. The zero-order chi connectivity index (χ0) is 13.1. The molecule has 0 amide bonds. The fourth-order valence-electron chi connectivity index (χ4n) is 1.31. The maximum atomic E-state index is 10.9. The molecule has 0 aliphatic heterocycles. The molecule has 0 radical (unpaired) electrons. The van der Waals surface area contributed by atoms with Crippen LogP contribution in [0.3, 0.4) is 0 Å². The zero-order valence-corrected chi connectivity index (χ0v) is 11.0. The van der Waals surface area contributed by atoms with Crippen LogP contribution < -0.4 is 0 Å². The van der Waals surface area contributed by atoms with Crippen LogP contribution in [0.25, 0.3) is 0 Å². The molecule has 2 rings (SSSR count). The first-order valence-electron chi connectivity index (χ1n) is 4.94. The van der Waals surface area contributed by atoms with Gasteiger partial charge in [0.1, 0.15) is 6.29 Å². The van der Waals surface area contributed by atoms with Gasteiger partial charge < -0.3 is 0 Å². The Morgan fingerprint density at radius 2 is 2.28 bits per heavy atom. The molecule has 18 heavy (non-hydrogen) atoms. The van der Waals surface area contributed by atoms with Crippen molar-refractivity contribution in [3.05, 3.63) is 45.0 Å². The molecule has 7 heteroatoms. The van der Waals surface area contributed by atoms with Gasteiger partial charge in [-0.3, -0.25) is 14.9 Å². The highest BCUT2D eigenvalue weighted by Crippen LogP contribution is 2.36. The maximum absolute atomic E-state index is 10.9. The van der Waals surface area contributed by atoms with E-state index in [0.717, 1.165) is 10.0 Å². The Kier molecular flexibility index (Phi) is 3.73. The molecule has 0 N–H and O–H groups in total. The van der Waals surface area contributed by atoms with E-state index in [1.54, 1.807) is 12.1 Å². The number of nitro groups is 1. The number of aldehydes is 1. The summed E-state index contributed by atoms with van der Waals surface area (Å²) in [6, 6.07) is 4.40. The Labute approximate surface area is 111 Å². The lowest BCUT2D eigenvalue weighted by molar-refractivity contribution is -0.387. The Morgan fingerprint density at radius 3 is 2.83 bits per heavy atom. The number of benzene rings is 1. The highest BCUT2D eigenvalue weighted by molar-refractivity contribution is 8.01. The van der Waals surface area contributed by atoms with Gasteiger partial charge in [-0.1, -0.05) is 17.8 Å². The number of hydrogen-bond donors (Lipinski definition) is 0. The minimum atomic E-state index is -0.490. The van der Waals surface area contributed by atoms with E-state index < -0.39 is 4.92 Å². The molecule has 0 saturated carbocycles. The van der Waals surface area contributed by atoms with Crippen molar-refractivity contribution < 1.29 is 9.72 Å². The molecule has 1 heterocycles.